The molecular weight excluding hydrogens is 444 g/mol. The normalized spacial score (nSPS) is 29.6. The Kier molecular flexibility index (Phi) is 6.38. The molecule has 1 aromatic carbocycles. The van der Waals surface area contributed by atoms with E-state index in [-0.39, 0.29) is 35.6 Å². The number of carbonyl (C=O) groups is 2. The van der Waals surface area contributed by atoms with E-state index < -0.39 is 0 Å². The maximum Gasteiger partial charge on any atom is 0.334 e. The molecule has 5 rings (SSSR count). The third kappa shape index (κ3) is 5.27. The number of ether oxygens (including phenoxy) is 2. The van der Waals surface area contributed by atoms with Gasteiger partial charge in [0.05, 0.1) is 24.9 Å². The molecule has 1 amide bonds. The third-order valence-corrected chi connectivity index (χ3v) is 7.06. The summed E-state index contributed by atoms with van der Waals surface area (Å²) in [6, 6.07) is 9.67. The fourth-order valence-electron chi connectivity index (χ4n) is 4.94. The maximum atomic E-state index is 12.2. The van der Waals surface area contributed by atoms with Gasteiger partial charge in [-0.1, -0.05) is 53.8 Å². The van der Waals surface area contributed by atoms with Crippen LogP contribution in [0.1, 0.15) is 43.9 Å². The third-order valence-electron chi connectivity index (χ3n) is 7.06. The number of benzene rings is 1. The van der Waals surface area contributed by atoms with Gasteiger partial charge in [-0.2, -0.15) is 0 Å². The van der Waals surface area contributed by atoms with E-state index in [4.69, 9.17) is 9.47 Å². The largest absolute Gasteiger partial charge is 0.455 e. The van der Waals surface area contributed by atoms with Gasteiger partial charge in [0.15, 0.2) is 0 Å². The number of aromatic nitrogens is 3. The van der Waals surface area contributed by atoms with Crippen LogP contribution in [0, 0.1) is 5.92 Å². The van der Waals surface area contributed by atoms with E-state index in [2.05, 4.69) is 35.2 Å². The number of hydrogen-bond donors (Lipinski definition) is 1. The van der Waals surface area contributed by atoms with Crippen molar-refractivity contribution in [1.29, 1.82) is 0 Å². The van der Waals surface area contributed by atoms with E-state index in [9.17, 15) is 9.59 Å². The molecule has 0 radical (unpaired) electrons. The maximum absolute atomic E-state index is 12.2. The van der Waals surface area contributed by atoms with Crippen molar-refractivity contribution in [3.8, 4) is 0 Å². The van der Waals surface area contributed by atoms with Crippen molar-refractivity contribution in [1.82, 2.24) is 20.3 Å². The highest BCUT2D eigenvalue weighted by molar-refractivity contribution is 5.91. The van der Waals surface area contributed by atoms with Crippen LogP contribution in [0.4, 0.5) is 0 Å². The summed E-state index contributed by atoms with van der Waals surface area (Å²) < 4.78 is 13.4. The van der Waals surface area contributed by atoms with Gasteiger partial charge in [-0.15, -0.1) is 5.10 Å². The second-order valence-electron chi connectivity index (χ2n) is 9.66. The molecule has 2 aromatic rings. The van der Waals surface area contributed by atoms with E-state index in [0.717, 1.165) is 31.2 Å². The molecule has 0 saturated carbocycles. The lowest BCUT2D eigenvalue weighted by molar-refractivity contribution is -0.140. The highest BCUT2D eigenvalue weighted by Crippen LogP contribution is 2.49. The minimum absolute atomic E-state index is 0.0266. The fourth-order valence-corrected chi connectivity index (χ4v) is 4.94. The number of nitrogens with zero attached hydrogens (tertiary/aromatic N) is 3. The SMILES string of the molecule is C=C1C(=O)O[C@H]2[C@H]1CC/C(Cn1cc(CNC(=O)/C=C/c3ccccc3)nn1)=C\CC[C@@]1(C)O[C@@H]21. The molecule has 2 fully saturated rings. The van der Waals surface area contributed by atoms with Crippen LogP contribution in [0.15, 0.2) is 66.4 Å². The van der Waals surface area contributed by atoms with Crippen molar-refractivity contribution in [2.24, 2.45) is 5.92 Å². The molecule has 0 spiro atoms. The number of fused-ring (bicyclic) bond motifs is 3. The summed E-state index contributed by atoms with van der Waals surface area (Å²) in [4.78, 5) is 24.3. The van der Waals surface area contributed by atoms with Crippen molar-refractivity contribution in [2.75, 3.05) is 0 Å². The van der Waals surface area contributed by atoms with E-state index in [1.54, 1.807) is 10.8 Å². The van der Waals surface area contributed by atoms with Crippen molar-refractivity contribution in [3.05, 3.63) is 77.7 Å². The second kappa shape index (κ2) is 9.62. The number of carbonyl (C=O) groups excluding carboxylic acids is 2. The highest BCUT2D eigenvalue weighted by atomic mass is 16.6. The first-order valence-corrected chi connectivity index (χ1v) is 12.1. The second-order valence-corrected chi connectivity index (χ2v) is 9.66. The molecule has 1 aromatic heterocycles. The Morgan fingerprint density at radius 3 is 3.00 bits per heavy atom. The quantitative estimate of drug-likeness (QED) is 0.298. The van der Waals surface area contributed by atoms with Gasteiger partial charge in [0, 0.05) is 17.6 Å². The first-order valence-electron chi connectivity index (χ1n) is 12.1. The molecule has 1 aliphatic carbocycles. The molecule has 0 unspecified atom stereocenters. The van der Waals surface area contributed by atoms with Gasteiger partial charge >= 0.3 is 5.97 Å². The molecule has 3 aliphatic rings. The Morgan fingerprint density at radius 2 is 2.17 bits per heavy atom. The predicted molar refractivity (Wildman–Crippen MR) is 130 cm³/mol. The van der Waals surface area contributed by atoms with Crippen LogP contribution in [0.5, 0.6) is 0 Å². The van der Waals surface area contributed by atoms with E-state index in [1.807, 2.05) is 36.5 Å². The van der Waals surface area contributed by atoms with E-state index >= 15 is 0 Å². The molecular formula is C27H30N4O4. The lowest BCUT2D eigenvalue weighted by Crippen LogP contribution is -2.29. The van der Waals surface area contributed by atoms with Crippen LogP contribution in [0.3, 0.4) is 0 Å². The lowest BCUT2D eigenvalue weighted by atomic mass is 9.84. The Morgan fingerprint density at radius 1 is 1.34 bits per heavy atom. The minimum Gasteiger partial charge on any atom is -0.455 e. The smallest absolute Gasteiger partial charge is 0.334 e. The van der Waals surface area contributed by atoms with Gasteiger partial charge in [-0.3, -0.25) is 4.79 Å². The number of esters is 1. The first-order chi connectivity index (χ1) is 16.9. The number of epoxide rings is 1. The Hall–Kier alpha value is -3.52. The van der Waals surface area contributed by atoms with Crippen LogP contribution in [-0.2, 0) is 32.2 Å². The van der Waals surface area contributed by atoms with Crippen molar-refractivity contribution in [3.63, 3.8) is 0 Å². The summed E-state index contributed by atoms with van der Waals surface area (Å²) in [5.74, 6) is -0.513. The average molecular weight is 475 g/mol. The number of allylic oxidation sites excluding steroid dienone is 2. The summed E-state index contributed by atoms with van der Waals surface area (Å²) in [7, 11) is 0. The summed E-state index contributed by atoms with van der Waals surface area (Å²) in [5.41, 5.74) is 3.18. The first kappa shape index (κ1) is 23.2. The van der Waals surface area contributed by atoms with Gasteiger partial charge in [-0.05, 0) is 44.2 Å². The van der Waals surface area contributed by atoms with Crippen molar-refractivity contribution >= 4 is 18.0 Å². The monoisotopic (exact) mass is 474 g/mol. The molecule has 0 bridgehead atoms. The molecule has 8 nitrogen and oxygen atoms in total. The summed E-state index contributed by atoms with van der Waals surface area (Å²) >= 11 is 0. The molecule has 2 saturated heterocycles. The molecule has 182 valence electrons. The zero-order valence-corrected chi connectivity index (χ0v) is 19.9. The Balaban J connectivity index is 1.18. The Labute approximate surface area is 204 Å². The van der Waals surface area contributed by atoms with Gasteiger partial charge in [0.1, 0.15) is 17.9 Å². The zero-order valence-electron chi connectivity index (χ0n) is 19.9. The number of nitrogens with one attached hydrogen (secondary N) is 1. The summed E-state index contributed by atoms with van der Waals surface area (Å²) in [5, 5.41) is 11.3. The minimum atomic E-state index is -0.302. The lowest BCUT2D eigenvalue weighted by Gasteiger charge is -2.20. The standard InChI is InChI=1S/C27H30N4O4/c1-18-22-12-10-20(9-6-14-27(2)25(35-27)24(22)34-26(18)33)16-31-17-21(29-30-31)15-28-23(32)13-11-19-7-4-3-5-8-19/h3-5,7-9,11,13,17,22,24-25H,1,6,10,12,14-16H2,2H3,(H,28,32)/b13-11+,20-9+/t22-,24-,25-,27+/m0/s1. The highest BCUT2D eigenvalue weighted by Gasteiger charge is 2.61. The predicted octanol–water partition coefficient (Wildman–Crippen LogP) is 3.36. The number of amides is 1. The van der Waals surface area contributed by atoms with Crippen molar-refractivity contribution < 1.29 is 19.1 Å². The number of rotatable bonds is 6. The molecule has 3 heterocycles. The van der Waals surface area contributed by atoms with Gasteiger partial charge in [-0.25, -0.2) is 9.48 Å². The van der Waals surface area contributed by atoms with E-state index in [1.165, 1.54) is 11.6 Å². The number of hydrogen-bond acceptors (Lipinski definition) is 6. The average Bonchev–Trinajstić information content (AvgIpc) is 3.17. The summed E-state index contributed by atoms with van der Waals surface area (Å²) in [6.45, 7) is 6.98. The van der Waals surface area contributed by atoms with E-state index in [0.29, 0.717) is 24.4 Å². The van der Waals surface area contributed by atoms with Crippen LogP contribution < -0.4 is 5.32 Å². The molecule has 4 atom stereocenters. The topological polar surface area (TPSA) is 98.6 Å². The van der Waals surface area contributed by atoms with Gasteiger partial charge in [0.2, 0.25) is 5.91 Å². The van der Waals surface area contributed by atoms with Crippen LogP contribution in [0.25, 0.3) is 6.08 Å². The fraction of sp³-hybridized carbons (Fsp3) is 0.407. The molecule has 35 heavy (non-hydrogen) atoms. The Bertz CT molecular complexity index is 1180. The van der Waals surface area contributed by atoms with Crippen LogP contribution in [-0.4, -0.2) is 44.7 Å². The zero-order chi connectivity index (χ0) is 24.4. The molecule has 1 N–H and O–H groups in total. The van der Waals surface area contributed by atoms with Gasteiger partial charge < -0.3 is 14.8 Å². The van der Waals surface area contributed by atoms with Crippen LogP contribution in [0.2, 0.25) is 0 Å². The van der Waals surface area contributed by atoms with Crippen LogP contribution >= 0.6 is 0 Å². The molecule has 8 heteroatoms. The van der Waals surface area contributed by atoms with Gasteiger partial charge in [0.25, 0.3) is 0 Å². The molecule has 2 aliphatic heterocycles. The van der Waals surface area contributed by atoms with Crippen molar-refractivity contribution in [2.45, 2.75) is 63.5 Å². The summed E-state index contributed by atoms with van der Waals surface area (Å²) in [6.07, 6.45) is 10.5.